The molecule has 0 radical (unpaired) electrons. The van der Waals surface area contributed by atoms with Crippen LogP contribution in [-0.2, 0) is 4.79 Å². The highest BCUT2D eigenvalue weighted by molar-refractivity contribution is 5.98. The van der Waals surface area contributed by atoms with Crippen LogP contribution >= 0.6 is 0 Å². The van der Waals surface area contributed by atoms with Gasteiger partial charge in [0.05, 0.1) is 12.2 Å². The average Bonchev–Trinajstić information content (AvgIpc) is 2.29. The number of amides is 1. The summed E-state index contributed by atoms with van der Waals surface area (Å²) in [4.78, 5) is 26.0. The van der Waals surface area contributed by atoms with Crippen molar-refractivity contribution in [3.8, 4) is 0 Å². The SMILES string of the molecule is CN1CCN(c2ccccc2N=O)C(=O)C1. The Bertz CT molecular complexity index is 419. The second-order valence-corrected chi connectivity index (χ2v) is 3.86. The van der Waals surface area contributed by atoms with Crippen molar-refractivity contribution in [1.29, 1.82) is 0 Å². The molecule has 1 fully saturated rings. The molecule has 1 aliphatic rings. The van der Waals surface area contributed by atoms with E-state index in [9.17, 15) is 9.70 Å². The summed E-state index contributed by atoms with van der Waals surface area (Å²) in [6.45, 7) is 1.79. The van der Waals surface area contributed by atoms with Gasteiger partial charge in [-0.25, -0.2) is 0 Å². The monoisotopic (exact) mass is 219 g/mol. The minimum Gasteiger partial charge on any atom is -0.308 e. The van der Waals surface area contributed by atoms with E-state index in [1.54, 1.807) is 29.2 Å². The Morgan fingerprint density at radius 3 is 2.69 bits per heavy atom. The minimum absolute atomic E-state index is 0.00449. The summed E-state index contributed by atoms with van der Waals surface area (Å²) in [7, 11) is 1.90. The van der Waals surface area contributed by atoms with Gasteiger partial charge in [-0.2, -0.15) is 0 Å². The van der Waals surface area contributed by atoms with Crippen LogP contribution in [0.2, 0.25) is 0 Å². The fourth-order valence-corrected chi connectivity index (χ4v) is 1.82. The number of hydrogen-bond donors (Lipinski definition) is 0. The number of nitrogens with zero attached hydrogens (tertiary/aromatic N) is 3. The van der Waals surface area contributed by atoms with Crippen molar-refractivity contribution in [2.24, 2.45) is 5.18 Å². The Morgan fingerprint density at radius 2 is 2.00 bits per heavy atom. The molecule has 2 rings (SSSR count). The summed E-state index contributed by atoms with van der Waals surface area (Å²) in [6.07, 6.45) is 0. The van der Waals surface area contributed by atoms with E-state index in [2.05, 4.69) is 5.18 Å². The minimum atomic E-state index is 0.00449. The second-order valence-electron chi connectivity index (χ2n) is 3.86. The number of benzene rings is 1. The molecule has 0 bridgehead atoms. The molecule has 0 atom stereocenters. The predicted octanol–water partition coefficient (Wildman–Crippen LogP) is 1.36. The first kappa shape index (κ1) is 10.8. The van der Waals surface area contributed by atoms with Crippen molar-refractivity contribution in [2.45, 2.75) is 0 Å². The van der Waals surface area contributed by atoms with E-state index in [-0.39, 0.29) is 5.91 Å². The van der Waals surface area contributed by atoms with Gasteiger partial charge in [-0.05, 0) is 24.4 Å². The number of rotatable bonds is 2. The van der Waals surface area contributed by atoms with Crippen LogP contribution in [0.3, 0.4) is 0 Å². The topological polar surface area (TPSA) is 53.0 Å². The van der Waals surface area contributed by atoms with Crippen LogP contribution in [0.4, 0.5) is 11.4 Å². The largest absolute Gasteiger partial charge is 0.308 e. The van der Waals surface area contributed by atoms with Crippen LogP contribution in [0.5, 0.6) is 0 Å². The summed E-state index contributed by atoms with van der Waals surface area (Å²) in [5.74, 6) is 0.00449. The van der Waals surface area contributed by atoms with E-state index >= 15 is 0 Å². The van der Waals surface area contributed by atoms with E-state index in [4.69, 9.17) is 0 Å². The maximum absolute atomic E-state index is 11.8. The normalized spacial score (nSPS) is 17.6. The van der Waals surface area contributed by atoms with Crippen molar-refractivity contribution in [3.05, 3.63) is 29.2 Å². The smallest absolute Gasteiger partial charge is 0.241 e. The number of piperazine rings is 1. The number of carbonyl (C=O) groups is 1. The van der Waals surface area contributed by atoms with Gasteiger partial charge in [-0.15, -0.1) is 4.91 Å². The molecular weight excluding hydrogens is 206 g/mol. The number of para-hydroxylation sites is 1. The molecule has 0 spiro atoms. The lowest BCUT2D eigenvalue weighted by atomic mass is 10.2. The van der Waals surface area contributed by atoms with Crippen molar-refractivity contribution in [2.75, 3.05) is 31.6 Å². The maximum Gasteiger partial charge on any atom is 0.241 e. The van der Waals surface area contributed by atoms with E-state index in [0.717, 1.165) is 6.54 Å². The number of carbonyl (C=O) groups excluding carboxylic acids is 1. The van der Waals surface area contributed by atoms with Crippen LogP contribution in [0.25, 0.3) is 0 Å². The molecule has 5 heteroatoms. The van der Waals surface area contributed by atoms with E-state index < -0.39 is 0 Å². The van der Waals surface area contributed by atoms with Crippen molar-refractivity contribution in [1.82, 2.24) is 4.90 Å². The molecule has 1 aliphatic heterocycles. The Morgan fingerprint density at radius 1 is 1.25 bits per heavy atom. The summed E-state index contributed by atoms with van der Waals surface area (Å²) in [5, 5.41) is 2.94. The van der Waals surface area contributed by atoms with Crippen molar-refractivity contribution < 1.29 is 4.79 Å². The van der Waals surface area contributed by atoms with Gasteiger partial charge in [-0.1, -0.05) is 12.1 Å². The first-order valence-corrected chi connectivity index (χ1v) is 5.13. The molecule has 0 aliphatic carbocycles. The molecule has 1 amide bonds. The lowest BCUT2D eigenvalue weighted by Gasteiger charge is -2.32. The molecule has 5 nitrogen and oxygen atoms in total. The number of anilines is 1. The number of hydrogen-bond acceptors (Lipinski definition) is 4. The molecule has 84 valence electrons. The zero-order valence-electron chi connectivity index (χ0n) is 9.09. The molecular formula is C11H13N3O2. The number of likely N-dealkylation sites (N-methyl/N-ethyl adjacent to an activating group) is 1. The van der Waals surface area contributed by atoms with E-state index in [1.165, 1.54) is 0 Å². The molecule has 1 saturated heterocycles. The maximum atomic E-state index is 11.8. The van der Waals surface area contributed by atoms with Gasteiger partial charge < -0.3 is 4.90 Å². The Hall–Kier alpha value is -1.75. The van der Waals surface area contributed by atoms with Gasteiger partial charge in [0, 0.05) is 13.1 Å². The van der Waals surface area contributed by atoms with Gasteiger partial charge >= 0.3 is 0 Å². The zero-order valence-corrected chi connectivity index (χ0v) is 9.09. The first-order chi connectivity index (χ1) is 7.72. The van der Waals surface area contributed by atoms with Crippen LogP contribution < -0.4 is 4.90 Å². The Labute approximate surface area is 93.6 Å². The van der Waals surface area contributed by atoms with Gasteiger partial charge in [0.25, 0.3) is 0 Å². The lowest BCUT2D eigenvalue weighted by molar-refractivity contribution is -0.120. The van der Waals surface area contributed by atoms with E-state index in [0.29, 0.717) is 24.5 Å². The van der Waals surface area contributed by atoms with Crippen LogP contribution in [-0.4, -0.2) is 37.5 Å². The van der Waals surface area contributed by atoms with Gasteiger partial charge in [0.1, 0.15) is 5.69 Å². The van der Waals surface area contributed by atoms with Gasteiger partial charge in [0.15, 0.2) is 0 Å². The standard InChI is InChI=1S/C11H13N3O2/c1-13-6-7-14(11(15)8-13)10-5-3-2-4-9(10)12-16/h2-5H,6-8H2,1H3. The van der Waals surface area contributed by atoms with Crippen LogP contribution in [0.1, 0.15) is 0 Å². The average molecular weight is 219 g/mol. The molecule has 0 saturated carbocycles. The second kappa shape index (κ2) is 4.40. The van der Waals surface area contributed by atoms with Crippen molar-refractivity contribution >= 4 is 17.3 Å². The quantitative estimate of drug-likeness (QED) is 0.706. The van der Waals surface area contributed by atoms with Crippen LogP contribution in [0.15, 0.2) is 29.4 Å². The highest BCUT2D eigenvalue weighted by Crippen LogP contribution is 2.28. The summed E-state index contributed by atoms with van der Waals surface area (Å²) >= 11 is 0. The Kier molecular flexibility index (Phi) is 2.96. The third-order valence-electron chi connectivity index (χ3n) is 2.68. The molecule has 1 heterocycles. The fourth-order valence-electron chi connectivity index (χ4n) is 1.82. The highest BCUT2D eigenvalue weighted by Gasteiger charge is 2.24. The molecule has 1 aromatic carbocycles. The summed E-state index contributed by atoms with van der Waals surface area (Å²) in [6, 6.07) is 6.91. The molecule has 0 unspecified atom stereocenters. The first-order valence-electron chi connectivity index (χ1n) is 5.13. The highest BCUT2D eigenvalue weighted by atomic mass is 16.3. The van der Waals surface area contributed by atoms with Gasteiger partial charge in [0.2, 0.25) is 5.91 Å². The number of nitroso groups, excluding NO2 is 1. The molecule has 16 heavy (non-hydrogen) atoms. The third kappa shape index (κ3) is 1.94. The Balaban J connectivity index is 2.30. The van der Waals surface area contributed by atoms with Gasteiger partial charge in [-0.3, -0.25) is 9.69 Å². The summed E-state index contributed by atoms with van der Waals surface area (Å²) in [5.41, 5.74) is 0.927. The molecule has 0 aromatic heterocycles. The van der Waals surface area contributed by atoms with E-state index in [1.807, 2.05) is 11.9 Å². The van der Waals surface area contributed by atoms with Crippen molar-refractivity contribution in [3.63, 3.8) is 0 Å². The molecule has 1 aromatic rings. The third-order valence-corrected chi connectivity index (χ3v) is 2.68. The zero-order chi connectivity index (χ0) is 11.5. The lowest BCUT2D eigenvalue weighted by Crippen LogP contribution is -2.48. The predicted molar refractivity (Wildman–Crippen MR) is 61.7 cm³/mol. The fraction of sp³-hybridized carbons (Fsp3) is 0.364. The van der Waals surface area contributed by atoms with Crippen LogP contribution in [0, 0.1) is 4.91 Å². The summed E-state index contributed by atoms with van der Waals surface area (Å²) < 4.78 is 0. The molecule has 0 N–H and O–H groups in total.